The zero-order chi connectivity index (χ0) is 18.3. The standard InChI is InChI=1S/C19H17N3O4/c23-15-10-19(18(26)21-15)8-9-22(11-19)16-13(17(24)25)6-7-14(20-16)12-4-2-1-3-5-12/h1-7H,8-11H2,(H,24,25)(H,21,23,26)/t19-/m0/s1. The Balaban J connectivity index is 1.72. The molecule has 2 aromatic rings. The molecule has 0 radical (unpaired) electrons. The van der Waals surface area contributed by atoms with E-state index >= 15 is 0 Å². The molecular formula is C19H17N3O4. The highest BCUT2D eigenvalue weighted by Gasteiger charge is 2.51. The van der Waals surface area contributed by atoms with Gasteiger partial charge in [-0.25, -0.2) is 9.78 Å². The second kappa shape index (κ2) is 5.94. The molecule has 2 saturated heterocycles. The number of carboxylic acid groups (broad SMARTS) is 1. The minimum atomic E-state index is -1.07. The van der Waals surface area contributed by atoms with Crippen LogP contribution in [-0.4, -0.2) is 41.0 Å². The number of benzene rings is 1. The van der Waals surface area contributed by atoms with Crippen molar-refractivity contribution in [2.75, 3.05) is 18.0 Å². The van der Waals surface area contributed by atoms with Gasteiger partial charge in [-0.1, -0.05) is 30.3 Å². The topological polar surface area (TPSA) is 99.6 Å². The summed E-state index contributed by atoms with van der Waals surface area (Å²) >= 11 is 0. The first kappa shape index (κ1) is 16.3. The first-order valence-corrected chi connectivity index (χ1v) is 8.37. The molecular weight excluding hydrogens is 334 g/mol. The number of aromatic carboxylic acids is 1. The molecule has 7 heteroatoms. The third kappa shape index (κ3) is 2.61. The summed E-state index contributed by atoms with van der Waals surface area (Å²) in [5, 5.41) is 11.9. The van der Waals surface area contributed by atoms with Crippen LogP contribution in [0, 0.1) is 5.41 Å². The Kier molecular flexibility index (Phi) is 3.72. The molecule has 2 aliphatic rings. The molecule has 2 aliphatic heterocycles. The highest BCUT2D eigenvalue weighted by Crippen LogP contribution is 2.40. The third-order valence-corrected chi connectivity index (χ3v) is 5.06. The molecule has 2 fully saturated rings. The highest BCUT2D eigenvalue weighted by atomic mass is 16.4. The summed E-state index contributed by atoms with van der Waals surface area (Å²) in [6.45, 7) is 0.766. The Morgan fingerprint density at radius 3 is 2.58 bits per heavy atom. The van der Waals surface area contributed by atoms with Crippen LogP contribution < -0.4 is 10.2 Å². The fourth-order valence-corrected chi connectivity index (χ4v) is 3.70. The Bertz CT molecular complexity index is 912. The van der Waals surface area contributed by atoms with Crippen molar-refractivity contribution < 1.29 is 19.5 Å². The molecule has 0 bridgehead atoms. The lowest BCUT2D eigenvalue weighted by atomic mass is 9.85. The van der Waals surface area contributed by atoms with E-state index in [0.717, 1.165) is 5.56 Å². The molecule has 0 unspecified atom stereocenters. The van der Waals surface area contributed by atoms with Crippen molar-refractivity contribution in [3.05, 3.63) is 48.0 Å². The normalized spacial score (nSPS) is 22.1. The second-order valence-corrected chi connectivity index (χ2v) is 6.74. The number of amides is 2. The largest absolute Gasteiger partial charge is 0.478 e. The van der Waals surface area contributed by atoms with Gasteiger partial charge in [-0.2, -0.15) is 0 Å². The van der Waals surface area contributed by atoms with Gasteiger partial charge in [0, 0.05) is 25.1 Å². The summed E-state index contributed by atoms with van der Waals surface area (Å²) < 4.78 is 0. The molecule has 1 aromatic carbocycles. The average molecular weight is 351 g/mol. The van der Waals surface area contributed by atoms with E-state index in [0.29, 0.717) is 24.5 Å². The van der Waals surface area contributed by atoms with Crippen LogP contribution in [0.5, 0.6) is 0 Å². The number of anilines is 1. The highest BCUT2D eigenvalue weighted by molar-refractivity contribution is 6.06. The van der Waals surface area contributed by atoms with Crippen molar-refractivity contribution in [3.8, 4) is 11.3 Å². The lowest BCUT2D eigenvalue weighted by Gasteiger charge is -2.23. The molecule has 1 aromatic heterocycles. The lowest BCUT2D eigenvalue weighted by Crippen LogP contribution is -2.35. The predicted octanol–water partition coefficient (Wildman–Crippen LogP) is 1.69. The van der Waals surface area contributed by atoms with Gasteiger partial charge in [-0.15, -0.1) is 0 Å². The number of rotatable bonds is 3. The van der Waals surface area contributed by atoms with E-state index in [-0.39, 0.29) is 30.3 Å². The molecule has 2 N–H and O–H groups in total. The maximum atomic E-state index is 12.2. The van der Waals surface area contributed by atoms with E-state index in [1.54, 1.807) is 11.0 Å². The molecule has 132 valence electrons. The van der Waals surface area contributed by atoms with Crippen LogP contribution in [0.15, 0.2) is 42.5 Å². The zero-order valence-electron chi connectivity index (χ0n) is 13.9. The van der Waals surface area contributed by atoms with E-state index in [1.807, 2.05) is 30.3 Å². The second-order valence-electron chi connectivity index (χ2n) is 6.74. The summed E-state index contributed by atoms with van der Waals surface area (Å²) in [5.41, 5.74) is 0.857. The fourth-order valence-electron chi connectivity index (χ4n) is 3.70. The molecule has 4 rings (SSSR count). The lowest BCUT2D eigenvalue weighted by molar-refractivity contribution is -0.128. The number of hydrogen-bond donors (Lipinski definition) is 2. The number of nitrogens with one attached hydrogen (secondary N) is 1. The first-order valence-electron chi connectivity index (χ1n) is 8.37. The quantitative estimate of drug-likeness (QED) is 0.817. The molecule has 1 atom stereocenters. The van der Waals surface area contributed by atoms with E-state index in [1.165, 1.54) is 6.07 Å². The number of carbonyl (C=O) groups excluding carboxylic acids is 2. The van der Waals surface area contributed by atoms with Gasteiger partial charge in [0.25, 0.3) is 0 Å². The van der Waals surface area contributed by atoms with Gasteiger partial charge >= 0.3 is 5.97 Å². The van der Waals surface area contributed by atoms with Gasteiger partial charge in [0.1, 0.15) is 11.4 Å². The molecule has 26 heavy (non-hydrogen) atoms. The summed E-state index contributed by atoms with van der Waals surface area (Å²) in [6, 6.07) is 12.7. The van der Waals surface area contributed by atoms with Crippen molar-refractivity contribution in [1.82, 2.24) is 10.3 Å². The molecule has 1 spiro atoms. The molecule has 2 amide bonds. The number of aromatic nitrogens is 1. The minimum absolute atomic E-state index is 0.0893. The maximum Gasteiger partial charge on any atom is 0.339 e. The Morgan fingerprint density at radius 1 is 1.15 bits per heavy atom. The fraction of sp³-hybridized carbons (Fsp3) is 0.263. The summed E-state index contributed by atoms with van der Waals surface area (Å²) in [5.74, 6) is -1.29. The molecule has 0 saturated carbocycles. The number of carboxylic acids is 1. The smallest absolute Gasteiger partial charge is 0.339 e. The van der Waals surface area contributed by atoms with Crippen LogP contribution in [0.1, 0.15) is 23.2 Å². The van der Waals surface area contributed by atoms with E-state index in [4.69, 9.17) is 0 Å². The monoisotopic (exact) mass is 351 g/mol. The van der Waals surface area contributed by atoms with Crippen molar-refractivity contribution in [1.29, 1.82) is 0 Å². The van der Waals surface area contributed by atoms with E-state index in [9.17, 15) is 19.5 Å². The summed E-state index contributed by atoms with van der Waals surface area (Å²) in [7, 11) is 0. The Labute approximate surface area is 149 Å². The summed E-state index contributed by atoms with van der Waals surface area (Å²) in [4.78, 5) is 41.8. The molecule has 3 heterocycles. The van der Waals surface area contributed by atoms with E-state index in [2.05, 4.69) is 10.3 Å². The third-order valence-electron chi connectivity index (χ3n) is 5.06. The van der Waals surface area contributed by atoms with Gasteiger partial charge in [0.05, 0.1) is 11.1 Å². The number of pyridine rings is 1. The summed E-state index contributed by atoms with van der Waals surface area (Å²) in [6.07, 6.45) is 0.643. The van der Waals surface area contributed by atoms with Crippen LogP contribution in [0.3, 0.4) is 0 Å². The van der Waals surface area contributed by atoms with Crippen LogP contribution in [-0.2, 0) is 9.59 Å². The number of nitrogens with zero attached hydrogens (tertiary/aromatic N) is 2. The number of carbonyl (C=O) groups is 3. The van der Waals surface area contributed by atoms with Crippen LogP contribution in [0.25, 0.3) is 11.3 Å². The number of hydrogen-bond acceptors (Lipinski definition) is 5. The zero-order valence-corrected chi connectivity index (χ0v) is 13.9. The minimum Gasteiger partial charge on any atom is -0.478 e. The van der Waals surface area contributed by atoms with E-state index < -0.39 is 11.4 Å². The van der Waals surface area contributed by atoms with Crippen molar-refractivity contribution >= 4 is 23.6 Å². The number of imide groups is 1. The van der Waals surface area contributed by atoms with Crippen molar-refractivity contribution in [2.45, 2.75) is 12.8 Å². The molecule has 7 nitrogen and oxygen atoms in total. The van der Waals surface area contributed by atoms with Gasteiger partial charge in [0.15, 0.2) is 0 Å². The predicted molar refractivity (Wildman–Crippen MR) is 93.7 cm³/mol. The first-order chi connectivity index (χ1) is 12.5. The Hall–Kier alpha value is -3.22. The van der Waals surface area contributed by atoms with Gasteiger partial charge in [-0.3, -0.25) is 14.9 Å². The van der Waals surface area contributed by atoms with Crippen molar-refractivity contribution in [3.63, 3.8) is 0 Å². The van der Waals surface area contributed by atoms with Crippen LogP contribution in [0.4, 0.5) is 5.82 Å². The molecule has 0 aliphatic carbocycles. The van der Waals surface area contributed by atoms with Crippen LogP contribution in [0.2, 0.25) is 0 Å². The maximum absolute atomic E-state index is 12.2. The van der Waals surface area contributed by atoms with Crippen LogP contribution >= 0.6 is 0 Å². The van der Waals surface area contributed by atoms with Crippen molar-refractivity contribution in [2.24, 2.45) is 5.41 Å². The van der Waals surface area contributed by atoms with Gasteiger partial charge < -0.3 is 10.0 Å². The van der Waals surface area contributed by atoms with Gasteiger partial charge in [0.2, 0.25) is 11.8 Å². The SMILES string of the molecule is O=C1C[C@]2(CCN(c3nc(-c4ccccc4)ccc3C(=O)O)C2)C(=O)N1. The Morgan fingerprint density at radius 2 is 1.92 bits per heavy atom. The average Bonchev–Trinajstić information content (AvgIpc) is 3.18. The van der Waals surface area contributed by atoms with Gasteiger partial charge in [-0.05, 0) is 18.6 Å².